The van der Waals surface area contributed by atoms with Crippen LogP contribution in [0, 0.1) is 0 Å². The van der Waals surface area contributed by atoms with Crippen LogP contribution in [0.1, 0.15) is 22.3 Å². The van der Waals surface area contributed by atoms with Crippen molar-refractivity contribution in [2.24, 2.45) is 0 Å². The Kier molecular flexibility index (Phi) is 6.06. The standard InChI is InChI=1S/C14H17N3O4/c1-17(2)12(18)5-6-16-14(21)11-7-10(8-15-9-11)3-4-13(19)20/h3-4,7-9H,5-6H2,1-2H3,(H,16,21)(H,19,20). The lowest BCUT2D eigenvalue weighted by atomic mass is 10.2. The lowest BCUT2D eigenvalue weighted by Gasteiger charge is -2.10. The van der Waals surface area contributed by atoms with Crippen LogP contribution in [0.3, 0.4) is 0 Å². The maximum absolute atomic E-state index is 11.9. The smallest absolute Gasteiger partial charge is 0.328 e. The van der Waals surface area contributed by atoms with Crippen molar-refractivity contribution in [1.29, 1.82) is 0 Å². The molecule has 7 heteroatoms. The van der Waals surface area contributed by atoms with Crippen LogP contribution in [0.5, 0.6) is 0 Å². The summed E-state index contributed by atoms with van der Waals surface area (Å²) in [4.78, 5) is 39.0. The third kappa shape index (κ3) is 5.85. The number of aromatic nitrogens is 1. The Labute approximate surface area is 122 Å². The van der Waals surface area contributed by atoms with Crippen molar-refractivity contribution >= 4 is 23.9 Å². The van der Waals surface area contributed by atoms with Crippen molar-refractivity contribution < 1.29 is 19.5 Å². The van der Waals surface area contributed by atoms with E-state index in [1.54, 1.807) is 14.1 Å². The minimum atomic E-state index is -1.08. The molecule has 0 radical (unpaired) electrons. The van der Waals surface area contributed by atoms with Gasteiger partial charge in [0, 0.05) is 45.5 Å². The second kappa shape index (κ2) is 7.78. The normalized spacial score (nSPS) is 10.4. The van der Waals surface area contributed by atoms with E-state index in [0.29, 0.717) is 11.1 Å². The summed E-state index contributed by atoms with van der Waals surface area (Å²) in [7, 11) is 3.29. The van der Waals surface area contributed by atoms with E-state index in [1.165, 1.54) is 29.4 Å². The highest BCUT2D eigenvalue weighted by atomic mass is 16.4. The molecule has 0 unspecified atom stereocenters. The quantitative estimate of drug-likeness (QED) is 0.738. The molecule has 2 N–H and O–H groups in total. The zero-order chi connectivity index (χ0) is 15.8. The van der Waals surface area contributed by atoms with E-state index < -0.39 is 5.97 Å². The third-order valence-electron chi connectivity index (χ3n) is 2.56. The maximum Gasteiger partial charge on any atom is 0.328 e. The summed E-state index contributed by atoms with van der Waals surface area (Å²) in [5.41, 5.74) is 0.814. The largest absolute Gasteiger partial charge is 0.478 e. The van der Waals surface area contributed by atoms with Gasteiger partial charge in [0.2, 0.25) is 5.91 Å². The highest BCUT2D eigenvalue weighted by molar-refractivity contribution is 5.95. The van der Waals surface area contributed by atoms with E-state index in [1.807, 2.05) is 0 Å². The predicted molar refractivity (Wildman–Crippen MR) is 76.6 cm³/mol. The molecule has 0 aliphatic heterocycles. The average molecular weight is 291 g/mol. The van der Waals surface area contributed by atoms with Gasteiger partial charge in [-0.1, -0.05) is 0 Å². The van der Waals surface area contributed by atoms with Crippen LogP contribution in [0.25, 0.3) is 6.08 Å². The summed E-state index contributed by atoms with van der Waals surface area (Å²) in [6.45, 7) is 0.227. The van der Waals surface area contributed by atoms with Crippen LogP contribution < -0.4 is 5.32 Å². The molecule has 0 saturated heterocycles. The number of hydrogen-bond acceptors (Lipinski definition) is 4. The second-order valence-corrected chi connectivity index (χ2v) is 4.47. The minimum absolute atomic E-state index is 0.0773. The van der Waals surface area contributed by atoms with Gasteiger partial charge in [0.15, 0.2) is 0 Å². The number of carbonyl (C=O) groups is 3. The van der Waals surface area contributed by atoms with Gasteiger partial charge in [-0.2, -0.15) is 0 Å². The molecule has 0 spiro atoms. The minimum Gasteiger partial charge on any atom is -0.478 e. The van der Waals surface area contributed by atoms with Gasteiger partial charge in [-0.25, -0.2) is 4.79 Å². The molecule has 0 atom stereocenters. The first-order valence-corrected chi connectivity index (χ1v) is 6.24. The number of carbonyl (C=O) groups excluding carboxylic acids is 2. The number of rotatable bonds is 6. The van der Waals surface area contributed by atoms with Crippen molar-refractivity contribution in [3.63, 3.8) is 0 Å². The number of nitrogens with one attached hydrogen (secondary N) is 1. The first-order chi connectivity index (χ1) is 9.90. The van der Waals surface area contributed by atoms with E-state index in [9.17, 15) is 14.4 Å². The maximum atomic E-state index is 11.9. The fourth-order valence-corrected chi connectivity index (χ4v) is 1.45. The van der Waals surface area contributed by atoms with Gasteiger partial charge in [0.25, 0.3) is 5.91 Å². The molecule has 1 rings (SSSR count). The van der Waals surface area contributed by atoms with Crippen molar-refractivity contribution in [3.05, 3.63) is 35.7 Å². The first kappa shape index (κ1) is 16.4. The van der Waals surface area contributed by atoms with Gasteiger partial charge in [-0.3, -0.25) is 14.6 Å². The van der Waals surface area contributed by atoms with E-state index in [2.05, 4.69) is 10.3 Å². The Morgan fingerprint density at radius 1 is 1.33 bits per heavy atom. The first-order valence-electron chi connectivity index (χ1n) is 6.24. The fourth-order valence-electron chi connectivity index (χ4n) is 1.45. The molecule has 0 fully saturated rings. The fraction of sp³-hybridized carbons (Fsp3) is 0.286. The molecule has 1 heterocycles. The molecular weight excluding hydrogens is 274 g/mol. The summed E-state index contributed by atoms with van der Waals surface area (Å²) in [6, 6.07) is 1.52. The molecule has 1 aromatic heterocycles. The Bertz CT molecular complexity index is 567. The van der Waals surface area contributed by atoms with E-state index in [0.717, 1.165) is 6.08 Å². The van der Waals surface area contributed by atoms with Crippen LogP contribution in [0.4, 0.5) is 0 Å². The molecule has 0 aromatic carbocycles. The van der Waals surface area contributed by atoms with E-state index in [-0.39, 0.29) is 24.8 Å². The van der Waals surface area contributed by atoms with Gasteiger partial charge in [0.05, 0.1) is 5.56 Å². The number of amides is 2. The molecule has 7 nitrogen and oxygen atoms in total. The number of pyridine rings is 1. The predicted octanol–water partition coefficient (Wildman–Crippen LogP) is 0.387. The Morgan fingerprint density at radius 2 is 2.05 bits per heavy atom. The highest BCUT2D eigenvalue weighted by Crippen LogP contribution is 2.05. The van der Waals surface area contributed by atoms with Crippen LogP contribution in [0.2, 0.25) is 0 Å². The Balaban J connectivity index is 2.60. The van der Waals surface area contributed by atoms with Gasteiger partial charge >= 0.3 is 5.97 Å². The molecule has 0 saturated carbocycles. The number of hydrogen-bond donors (Lipinski definition) is 2. The highest BCUT2D eigenvalue weighted by Gasteiger charge is 2.08. The zero-order valence-electron chi connectivity index (χ0n) is 11.9. The number of nitrogens with zero attached hydrogens (tertiary/aromatic N) is 2. The van der Waals surface area contributed by atoms with E-state index in [4.69, 9.17) is 5.11 Å². The lowest BCUT2D eigenvalue weighted by Crippen LogP contribution is -2.30. The van der Waals surface area contributed by atoms with Crippen LogP contribution in [-0.2, 0) is 9.59 Å². The number of aliphatic carboxylic acids is 1. The Morgan fingerprint density at radius 3 is 2.67 bits per heavy atom. The summed E-state index contributed by atoms with van der Waals surface area (Å²) in [5.74, 6) is -1.52. The summed E-state index contributed by atoms with van der Waals surface area (Å²) >= 11 is 0. The molecule has 112 valence electrons. The molecular formula is C14H17N3O4. The van der Waals surface area contributed by atoms with E-state index >= 15 is 0 Å². The molecule has 1 aromatic rings. The average Bonchev–Trinajstić information content (AvgIpc) is 2.45. The molecule has 21 heavy (non-hydrogen) atoms. The summed E-state index contributed by atoms with van der Waals surface area (Å²) < 4.78 is 0. The zero-order valence-corrected chi connectivity index (χ0v) is 11.9. The molecule has 0 aliphatic carbocycles. The third-order valence-corrected chi connectivity index (χ3v) is 2.56. The van der Waals surface area contributed by atoms with Gasteiger partial charge in [0.1, 0.15) is 0 Å². The summed E-state index contributed by atoms with van der Waals surface area (Å²) in [6.07, 6.45) is 5.36. The summed E-state index contributed by atoms with van der Waals surface area (Å²) in [5, 5.41) is 11.2. The van der Waals surface area contributed by atoms with Gasteiger partial charge in [-0.15, -0.1) is 0 Å². The van der Waals surface area contributed by atoms with Crippen molar-refractivity contribution in [1.82, 2.24) is 15.2 Å². The van der Waals surface area contributed by atoms with Gasteiger partial charge in [-0.05, 0) is 17.7 Å². The molecule has 0 aliphatic rings. The second-order valence-electron chi connectivity index (χ2n) is 4.47. The van der Waals surface area contributed by atoms with Gasteiger partial charge < -0.3 is 15.3 Å². The van der Waals surface area contributed by atoms with Crippen molar-refractivity contribution in [2.45, 2.75) is 6.42 Å². The monoisotopic (exact) mass is 291 g/mol. The topological polar surface area (TPSA) is 99.6 Å². The molecule has 0 bridgehead atoms. The SMILES string of the molecule is CN(C)C(=O)CCNC(=O)c1cncc(C=CC(=O)O)c1. The number of carboxylic acid groups (broad SMARTS) is 1. The lowest BCUT2D eigenvalue weighted by molar-refractivity contribution is -0.131. The molecule has 2 amide bonds. The van der Waals surface area contributed by atoms with Crippen molar-refractivity contribution in [3.8, 4) is 0 Å². The number of carboxylic acids is 1. The Hall–Kier alpha value is -2.70. The van der Waals surface area contributed by atoms with Crippen LogP contribution in [0.15, 0.2) is 24.5 Å². The van der Waals surface area contributed by atoms with Crippen LogP contribution >= 0.6 is 0 Å². The van der Waals surface area contributed by atoms with Crippen molar-refractivity contribution in [2.75, 3.05) is 20.6 Å². The van der Waals surface area contributed by atoms with Crippen LogP contribution in [-0.4, -0.2) is 53.4 Å².